The van der Waals surface area contributed by atoms with Crippen LogP contribution in [0.3, 0.4) is 0 Å². The van der Waals surface area contributed by atoms with E-state index in [2.05, 4.69) is 13.8 Å². The van der Waals surface area contributed by atoms with E-state index in [1.54, 1.807) is 8.87 Å². The normalized spacial score (nSPS) is 8.21. The van der Waals surface area contributed by atoms with E-state index >= 15 is 0 Å². The van der Waals surface area contributed by atoms with Gasteiger partial charge in [0.25, 0.3) is 0 Å². The van der Waals surface area contributed by atoms with Crippen molar-refractivity contribution in [2.75, 3.05) is 13.2 Å². The zero-order valence-corrected chi connectivity index (χ0v) is 14.5. The molecule has 0 atom stereocenters. The minimum atomic E-state index is -1.44. The molecule has 0 aliphatic heterocycles. The zero-order valence-electron chi connectivity index (χ0n) is 11.7. The van der Waals surface area contributed by atoms with Crippen molar-refractivity contribution in [3.63, 3.8) is 0 Å². The van der Waals surface area contributed by atoms with E-state index in [4.69, 9.17) is 30.0 Å². The third-order valence-electron chi connectivity index (χ3n) is 1.67. The van der Waals surface area contributed by atoms with Gasteiger partial charge in [0, 0.05) is 0 Å². The minimum Gasteiger partial charge on any atom is -0.548 e. The second kappa shape index (κ2) is 22.8. The fourth-order valence-corrected chi connectivity index (χ4v) is 4.89. The van der Waals surface area contributed by atoms with Crippen LogP contribution in [0.25, 0.3) is 0 Å². The van der Waals surface area contributed by atoms with Gasteiger partial charge >= 0.3 is 69.5 Å². The van der Waals surface area contributed by atoms with Gasteiger partial charge in [-0.3, -0.25) is 0 Å². The molecule has 0 aromatic rings. The molecule has 0 saturated carbocycles. The Balaban J connectivity index is -0.000000219. The first-order chi connectivity index (χ1) is 8.95. The summed E-state index contributed by atoms with van der Waals surface area (Å²) in [6.07, 6.45) is 5.84. The van der Waals surface area contributed by atoms with Crippen LogP contribution in [0.5, 0.6) is 0 Å². The summed E-state index contributed by atoms with van der Waals surface area (Å²) < 4.78 is 3.25. The average Bonchev–Trinajstić information content (AvgIpc) is 2.40. The van der Waals surface area contributed by atoms with Crippen molar-refractivity contribution >= 4 is 33.1 Å². The molecule has 0 heterocycles. The molecular weight excluding hydrogens is 359 g/mol. The van der Waals surface area contributed by atoms with Crippen molar-refractivity contribution < 1.29 is 30.0 Å². The molecular formula is C12H24O6Sn. The predicted molar refractivity (Wildman–Crippen MR) is 69.4 cm³/mol. The van der Waals surface area contributed by atoms with Gasteiger partial charge in [0.05, 0.1) is 25.2 Å². The van der Waals surface area contributed by atoms with E-state index < -0.39 is 25.2 Å². The molecule has 7 heteroatoms. The van der Waals surface area contributed by atoms with Gasteiger partial charge in [0.2, 0.25) is 0 Å². The molecule has 6 nitrogen and oxygen atoms in total. The number of hydrogen-bond donors (Lipinski definition) is 2. The minimum absolute atomic E-state index is 0.149. The Morgan fingerprint density at radius 2 is 1.16 bits per heavy atom. The first kappa shape index (κ1) is 23.7. The second-order valence-electron chi connectivity index (χ2n) is 3.52. The number of aliphatic hydroxyl groups excluding tert-OH is 2. The van der Waals surface area contributed by atoms with E-state index in [1.165, 1.54) is 25.7 Å². The molecule has 0 aromatic heterocycles. The Morgan fingerprint density at radius 3 is 1.32 bits per heavy atom. The monoisotopic (exact) mass is 384 g/mol. The molecule has 0 amide bonds. The van der Waals surface area contributed by atoms with Gasteiger partial charge in [-0.25, -0.2) is 0 Å². The molecule has 0 saturated heterocycles. The molecule has 0 rings (SSSR count). The summed E-state index contributed by atoms with van der Waals surface area (Å²) >= 11 is 0.149. The summed E-state index contributed by atoms with van der Waals surface area (Å²) in [7, 11) is 0. The number of carboxylic acid groups (broad SMARTS) is 2. The number of hydrogen-bond acceptors (Lipinski definition) is 6. The Kier molecular flexibility index (Phi) is 28.5. The Hall–Kier alpha value is -0.341. The van der Waals surface area contributed by atoms with E-state index in [9.17, 15) is 0 Å². The van der Waals surface area contributed by atoms with Gasteiger partial charge in [0.1, 0.15) is 0 Å². The third-order valence-corrected chi connectivity index (χ3v) is 5.71. The van der Waals surface area contributed by atoms with Crippen LogP contribution in [0.15, 0.2) is 0 Å². The Bertz CT molecular complexity index is 179. The molecule has 0 bridgehead atoms. The number of carboxylic acids is 2. The van der Waals surface area contributed by atoms with E-state index in [0.29, 0.717) is 0 Å². The van der Waals surface area contributed by atoms with Gasteiger partial charge < -0.3 is 30.0 Å². The smallest absolute Gasteiger partial charge is 0.0826 e. The van der Waals surface area contributed by atoms with Gasteiger partial charge in [-0.2, -0.15) is 0 Å². The third kappa shape index (κ3) is 46.4. The van der Waals surface area contributed by atoms with Gasteiger partial charge in [-0.1, -0.05) is 0 Å². The van der Waals surface area contributed by atoms with Crippen molar-refractivity contribution in [3.05, 3.63) is 0 Å². The fraction of sp³-hybridized carbons (Fsp3) is 0.833. The first-order valence-electron chi connectivity index (χ1n) is 6.28. The summed E-state index contributed by atoms with van der Waals surface area (Å²) in [5, 5.41) is 33.0. The molecule has 0 fully saturated rings. The van der Waals surface area contributed by atoms with Gasteiger partial charge in [-0.05, 0) is 0 Å². The maximum Gasteiger partial charge on any atom is 0.0826 e. The van der Waals surface area contributed by atoms with Crippen LogP contribution in [0, 0.1) is 0 Å². The maximum absolute atomic E-state index is 9.01. The molecule has 0 aliphatic carbocycles. The van der Waals surface area contributed by atoms with Crippen LogP contribution in [-0.4, -0.2) is 56.5 Å². The predicted octanol–water partition coefficient (Wildman–Crippen LogP) is -1.42. The largest absolute Gasteiger partial charge is 0.548 e. The summed E-state index contributed by atoms with van der Waals surface area (Å²) in [5.74, 6) is -2.88. The molecule has 0 spiro atoms. The topological polar surface area (TPSA) is 121 Å². The fourth-order valence-electron chi connectivity index (χ4n) is 0.729. The number of aliphatic carboxylic acids is 2. The summed E-state index contributed by atoms with van der Waals surface area (Å²) in [6.45, 7) is 2.80. The van der Waals surface area contributed by atoms with Crippen molar-refractivity contribution in [1.29, 1.82) is 0 Å². The molecule has 112 valence electrons. The van der Waals surface area contributed by atoms with Crippen molar-refractivity contribution in [1.82, 2.24) is 0 Å². The summed E-state index contributed by atoms with van der Waals surface area (Å²) in [6, 6.07) is 0. The quantitative estimate of drug-likeness (QED) is 0.392. The zero-order chi connectivity index (χ0) is 15.5. The van der Waals surface area contributed by atoms with Crippen molar-refractivity contribution in [3.8, 4) is 0 Å². The number of carbonyl (C=O) groups is 2. The van der Waals surface area contributed by atoms with E-state index in [0.717, 1.165) is 0 Å². The van der Waals surface area contributed by atoms with Crippen LogP contribution >= 0.6 is 0 Å². The molecule has 0 aromatic carbocycles. The van der Waals surface area contributed by atoms with E-state index in [-0.39, 0.29) is 21.1 Å². The average molecular weight is 383 g/mol. The number of rotatable bonds is 8. The van der Waals surface area contributed by atoms with Crippen molar-refractivity contribution in [2.24, 2.45) is 0 Å². The molecule has 2 N–H and O–H groups in total. The molecule has 19 heavy (non-hydrogen) atoms. The first-order valence-corrected chi connectivity index (χ1v) is 10.3. The summed E-state index contributed by atoms with van der Waals surface area (Å²) in [4.78, 5) is 18.0. The van der Waals surface area contributed by atoms with Gasteiger partial charge in [-0.15, -0.1) is 0 Å². The number of aliphatic hydroxyl groups is 2. The molecule has 0 unspecified atom stereocenters. The SMILES string of the molecule is CCC[CH2][Sn+2][CH2]CCC.O=C([O-])CO.O=C([O-])CO. The van der Waals surface area contributed by atoms with Crippen LogP contribution in [-0.2, 0) is 9.59 Å². The second-order valence-corrected chi connectivity index (χ2v) is 7.80. The molecule has 0 aliphatic rings. The van der Waals surface area contributed by atoms with Crippen LogP contribution in [0.4, 0.5) is 0 Å². The Labute approximate surface area is 125 Å². The van der Waals surface area contributed by atoms with Crippen LogP contribution in [0.1, 0.15) is 39.5 Å². The Morgan fingerprint density at radius 1 is 0.895 bits per heavy atom. The summed E-state index contributed by atoms with van der Waals surface area (Å²) in [5.41, 5.74) is 0. The standard InChI is InChI=1S/2C4H9.2C2H4O3.Sn/c2*1-3-4-2;2*3-1-2(4)5;/h2*1,3-4H2,2H3;2*3H,1H2,(H,4,5);/q;;;;+2/p-2. The number of carbonyl (C=O) groups excluding carboxylic acids is 2. The number of unbranched alkanes of at least 4 members (excludes halogenated alkanes) is 2. The molecule has 0 radical (unpaired) electrons. The van der Waals surface area contributed by atoms with Crippen LogP contribution in [0.2, 0.25) is 8.87 Å². The van der Waals surface area contributed by atoms with E-state index in [1.807, 2.05) is 0 Å². The maximum atomic E-state index is 9.01. The van der Waals surface area contributed by atoms with Crippen molar-refractivity contribution in [2.45, 2.75) is 48.4 Å². The van der Waals surface area contributed by atoms with Crippen LogP contribution < -0.4 is 10.2 Å². The van der Waals surface area contributed by atoms with Gasteiger partial charge in [0.15, 0.2) is 0 Å².